The van der Waals surface area contributed by atoms with Crippen LogP contribution in [0.2, 0.25) is 0 Å². The molecule has 94 valence electrons. The third kappa shape index (κ3) is 4.09. The van der Waals surface area contributed by atoms with Gasteiger partial charge >= 0.3 is 0 Å². The second-order valence-corrected chi connectivity index (χ2v) is 6.28. The van der Waals surface area contributed by atoms with E-state index in [-0.39, 0.29) is 5.82 Å². The molecule has 1 fully saturated rings. The Labute approximate surface area is 112 Å². The van der Waals surface area contributed by atoms with Crippen LogP contribution in [0.5, 0.6) is 0 Å². The van der Waals surface area contributed by atoms with Crippen molar-refractivity contribution in [2.75, 3.05) is 0 Å². The van der Waals surface area contributed by atoms with E-state index in [2.05, 4.69) is 15.9 Å². The second kappa shape index (κ2) is 6.53. The molecule has 1 aromatic carbocycles. The Balaban J connectivity index is 1.93. The zero-order chi connectivity index (χ0) is 12.1. The molecule has 0 aromatic heterocycles. The highest BCUT2D eigenvalue weighted by molar-refractivity contribution is 9.09. The van der Waals surface area contributed by atoms with Crippen LogP contribution in [0.3, 0.4) is 0 Å². The molecular formula is C15H20BrF. The molecule has 0 saturated heterocycles. The van der Waals surface area contributed by atoms with Gasteiger partial charge in [0.1, 0.15) is 5.82 Å². The van der Waals surface area contributed by atoms with Crippen LogP contribution >= 0.6 is 15.9 Å². The van der Waals surface area contributed by atoms with Gasteiger partial charge in [-0.1, -0.05) is 53.7 Å². The van der Waals surface area contributed by atoms with Crippen LogP contribution in [0.4, 0.5) is 4.39 Å². The fourth-order valence-corrected chi connectivity index (χ4v) is 3.63. The standard InChI is InChI=1S/C15H20BrF/c16-15(13-7-3-1-2-4-8-13)11-12-6-5-9-14(17)10-12/h5-6,9-10,13,15H,1-4,7-8,11H2. The summed E-state index contributed by atoms with van der Waals surface area (Å²) in [5.41, 5.74) is 1.11. The number of halogens is 2. The minimum Gasteiger partial charge on any atom is -0.207 e. The van der Waals surface area contributed by atoms with Gasteiger partial charge in [-0.05, 0) is 42.9 Å². The summed E-state index contributed by atoms with van der Waals surface area (Å²) in [7, 11) is 0. The molecule has 2 heteroatoms. The molecule has 1 aromatic rings. The van der Waals surface area contributed by atoms with Gasteiger partial charge in [0.05, 0.1) is 0 Å². The molecule has 0 amide bonds. The van der Waals surface area contributed by atoms with E-state index in [9.17, 15) is 4.39 Å². The molecule has 0 heterocycles. The molecule has 1 aliphatic rings. The third-order valence-electron chi connectivity index (χ3n) is 3.73. The van der Waals surface area contributed by atoms with Crippen molar-refractivity contribution in [3.63, 3.8) is 0 Å². The van der Waals surface area contributed by atoms with Crippen molar-refractivity contribution in [3.8, 4) is 0 Å². The lowest BCUT2D eigenvalue weighted by Crippen LogP contribution is -2.16. The predicted molar refractivity (Wildman–Crippen MR) is 74.0 cm³/mol. The summed E-state index contributed by atoms with van der Waals surface area (Å²) in [5.74, 6) is 0.642. The van der Waals surface area contributed by atoms with Gasteiger partial charge in [-0.2, -0.15) is 0 Å². The number of alkyl halides is 1. The SMILES string of the molecule is Fc1cccc(CC(Br)C2CCCCCC2)c1. The largest absolute Gasteiger partial charge is 0.207 e. The molecule has 1 atom stereocenters. The lowest BCUT2D eigenvalue weighted by molar-refractivity contribution is 0.445. The maximum Gasteiger partial charge on any atom is 0.123 e. The van der Waals surface area contributed by atoms with Gasteiger partial charge in [-0.15, -0.1) is 0 Å². The normalized spacial score (nSPS) is 19.9. The summed E-state index contributed by atoms with van der Waals surface area (Å²) in [6.07, 6.45) is 9.08. The number of rotatable bonds is 3. The van der Waals surface area contributed by atoms with Gasteiger partial charge in [0.2, 0.25) is 0 Å². The molecule has 1 unspecified atom stereocenters. The molecule has 0 spiro atoms. The van der Waals surface area contributed by atoms with E-state index in [0.717, 1.165) is 17.9 Å². The summed E-state index contributed by atoms with van der Waals surface area (Å²) >= 11 is 3.81. The Bertz CT molecular complexity index is 343. The van der Waals surface area contributed by atoms with Crippen molar-refractivity contribution in [3.05, 3.63) is 35.6 Å². The summed E-state index contributed by atoms with van der Waals surface area (Å²) in [6, 6.07) is 6.99. The molecule has 1 aliphatic carbocycles. The minimum atomic E-state index is -0.122. The number of benzene rings is 1. The molecule has 0 bridgehead atoms. The van der Waals surface area contributed by atoms with E-state index in [1.807, 2.05) is 6.07 Å². The second-order valence-electron chi connectivity index (χ2n) is 5.10. The molecule has 1 saturated carbocycles. The molecule has 17 heavy (non-hydrogen) atoms. The zero-order valence-electron chi connectivity index (χ0n) is 10.2. The third-order valence-corrected chi connectivity index (χ3v) is 4.80. The average Bonchev–Trinajstić information content (AvgIpc) is 2.57. The van der Waals surface area contributed by atoms with E-state index in [1.165, 1.54) is 44.6 Å². The van der Waals surface area contributed by atoms with Crippen molar-refractivity contribution in [2.45, 2.75) is 49.8 Å². The zero-order valence-corrected chi connectivity index (χ0v) is 11.8. The lowest BCUT2D eigenvalue weighted by atomic mass is 9.93. The summed E-state index contributed by atoms with van der Waals surface area (Å²) in [5, 5.41) is 0. The summed E-state index contributed by atoms with van der Waals surface area (Å²) in [6.45, 7) is 0. The van der Waals surface area contributed by atoms with Gasteiger partial charge in [0, 0.05) is 4.83 Å². The lowest BCUT2D eigenvalue weighted by Gasteiger charge is -2.20. The van der Waals surface area contributed by atoms with Crippen molar-refractivity contribution >= 4 is 15.9 Å². The summed E-state index contributed by atoms with van der Waals surface area (Å²) < 4.78 is 13.1. The van der Waals surface area contributed by atoms with Gasteiger partial charge < -0.3 is 0 Å². The number of hydrogen-bond acceptors (Lipinski definition) is 0. The van der Waals surface area contributed by atoms with E-state index in [0.29, 0.717) is 4.83 Å². The molecule has 0 radical (unpaired) electrons. The van der Waals surface area contributed by atoms with E-state index in [4.69, 9.17) is 0 Å². The van der Waals surface area contributed by atoms with Crippen LogP contribution in [-0.4, -0.2) is 4.83 Å². The first kappa shape index (κ1) is 13.1. The maximum absolute atomic E-state index is 13.1. The first-order chi connectivity index (χ1) is 8.25. The fraction of sp³-hybridized carbons (Fsp3) is 0.600. The Morgan fingerprint density at radius 2 is 1.88 bits per heavy atom. The van der Waals surface area contributed by atoms with E-state index >= 15 is 0 Å². The predicted octanol–water partition coefficient (Wildman–Crippen LogP) is 5.10. The van der Waals surface area contributed by atoms with Crippen LogP contribution in [0, 0.1) is 11.7 Å². The van der Waals surface area contributed by atoms with Gasteiger partial charge in [0.25, 0.3) is 0 Å². The maximum atomic E-state index is 13.1. The smallest absolute Gasteiger partial charge is 0.123 e. The van der Waals surface area contributed by atoms with Crippen LogP contribution in [0.1, 0.15) is 44.1 Å². The molecule has 0 N–H and O–H groups in total. The minimum absolute atomic E-state index is 0.122. The van der Waals surface area contributed by atoms with Crippen molar-refractivity contribution in [1.29, 1.82) is 0 Å². The van der Waals surface area contributed by atoms with Crippen LogP contribution in [-0.2, 0) is 6.42 Å². The van der Waals surface area contributed by atoms with Gasteiger partial charge in [-0.3, -0.25) is 0 Å². The quantitative estimate of drug-likeness (QED) is 0.538. The highest BCUT2D eigenvalue weighted by Crippen LogP contribution is 2.31. The Morgan fingerprint density at radius 1 is 1.18 bits per heavy atom. The van der Waals surface area contributed by atoms with Crippen molar-refractivity contribution in [1.82, 2.24) is 0 Å². The van der Waals surface area contributed by atoms with Gasteiger partial charge in [-0.25, -0.2) is 4.39 Å². The summed E-state index contributed by atoms with van der Waals surface area (Å²) in [4.78, 5) is 0.502. The van der Waals surface area contributed by atoms with Crippen molar-refractivity contribution < 1.29 is 4.39 Å². The van der Waals surface area contributed by atoms with Crippen molar-refractivity contribution in [2.24, 2.45) is 5.92 Å². The Kier molecular flexibility index (Phi) is 5.02. The first-order valence-electron chi connectivity index (χ1n) is 6.64. The van der Waals surface area contributed by atoms with E-state index < -0.39 is 0 Å². The highest BCUT2D eigenvalue weighted by atomic mass is 79.9. The highest BCUT2D eigenvalue weighted by Gasteiger charge is 2.20. The van der Waals surface area contributed by atoms with Gasteiger partial charge in [0.15, 0.2) is 0 Å². The van der Waals surface area contributed by atoms with Crippen LogP contribution in [0.25, 0.3) is 0 Å². The average molecular weight is 299 g/mol. The molecule has 0 nitrogen and oxygen atoms in total. The molecular weight excluding hydrogens is 279 g/mol. The number of hydrogen-bond donors (Lipinski definition) is 0. The first-order valence-corrected chi connectivity index (χ1v) is 7.56. The van der Waals surface area contributed by atoms with E-state index in [1.54, 1.807) is 12.1 Å². The fourth-order valence-electron chi connectivity index (χ4n) is 2.73. The Hall–Kier alpha value is -0.370. The topological polar surface area (TPSA) is 0 Å². The molecule has 2 rings (SSSR count). The monoisotopic (exact) mass is 298 g/mol. The van der Waals surface area contributed by atoms with Crippen LogP contribution < -0.4 is 0 Å². The molecule has 0 aliphatic heterocycles. The Morgan fingerprint density at radius 3 is 2.53 bits per heavy atom. The van der Waals surface area contributed by atoms with Crippen LogP contribution in [0.15, 0.2) is 24.3 Å².